The predicted molar refractivity (Wildman–Crippen MR) is 108 cm³/mol. The number of aromatic hydroxyl groups is 1. The number of hydrogen-bond acceptors (Lipinski definition) is 4. The normalized spacial score (nSPS) is 23.1. The highest BCUT2D eigenvalue weighted by atomic mass is 19.1. The second-order valence-corrected chi connectivity index (χ2v) is 8.37. The quantitative estimate of drug-likeness (QED) is 0.690. The molecule has 3 rings (SSSR count). The smallest absolute Gasteiger partial charge is 0.341 e. The molecule has 1 aromatic rings. The number of hydrogen-bond donors (Lipinski definition) is 2. The Morgan fingerprint density at radius 2 is 1.97 bits per heavy atom. The van der Waals surface area contributed by atoms with Crippen LogP contribution in [0.5, 0.6) is 5.75 Å². The molecule has 2 aliphatic rings. The molecule has 0 spiro atoms. The van der Waals surface area contributed by atoms with Gasteiger partial charge in [0, 0.05) is 12.0 Å². The van der Waals surface area contributed by atoms with Crippen molar-refractivity contribution >= 4 is 5.97 Å². The van der Waals surface area contributed by atoms with Crippen molar-refractivity contribution in [1.29, 1.82) is 0 Å². The van der Waals surface area contributed by atoms with E-state index in [2.05, 4.69) is 4.98 Å². The first-order valence-corrected chi connectivity index (χ1v) is 10.4. The lowest BCUT2D eigenvalue weighted by Crippen LogP contribution is -2.24. The summed E-state index contributed by atoms with van der Waals surface area (Å²) in [5.41, 5.74) is 2.98. The molecule has 2 aliphatic carbocycles. The van der Waals surface area contributed by atoms with Gasteiger partial charge in [-0.1, -0.05) is 31.8 Å². The molecule has 0 amide bonds. The Hall–Kier alpha value is -2.37. The van der Waals surface area contributed by atoms with Crippen molar-refractivity contribution in [2.75, 3.05) is 6.61 Å². The topological polar surface area (TPSA) is 79.7 Å². The highest BCUT2D eigenvalue weighted by Crippen LogP contribution is 2.39. The maximum atomic E-state index is 14.6. The molecule has 158 valence electrons. The van der Waals surface area contributed by atoms with Gasteiger partial charge in [-0.05, 0) is 56.6 Å². The number of carboxylic acids is 1. The third kappa shape index (κ3) is 4.80. The van der Waals surface area contributed by atoms with Gasteiger partial charge in [-0.2, -0.15) is 0 Å². The van der Waals surface area contributed by atoms with Gasteiger partial charge in [0.05, 0.1) is 11.4 Å². The van der Waals surface area contributed by atoms with Crippen molar-refractivity contribution in [2.24, 2.45) is 11.8 Å². The molecule has 2 unspecified atom stereocenters. The van der Waals surface area contributed by atoms with Crippen molar-refractivity contribution in [3.8, 4) is 5.75 Å². The zero-order valence-corrected chi connectivity index (χ0v) is 17.4. The Balaban J connectivity index is 1.82. The van der Waals surface area contributed by atoms with Gasteiger partial charge in [0.25, 0.3) is 0 Å². The number of carbonyl (C=O) groups is 1. The van der Waals surface area contributed by atoms with Crippen molar-refractivity contribution in [2.45, 2.75) is 65.2 Å². The van der Waals surface area contributed by atoms with Gasteiger partial charge in [-0.25, -0.2) is 9.18 Å². The van der Waals surface area contributed by atoms with Gasteiger partial charge < -0.3 is 14.9 Å². The minimum Gasteiger partial charge on any atom is -0.506 e. The molecule has 0 saturated heterocycles. The molecule has 6 heteroatoms. The van der Waals surface area contributed by atoms with E-state index < -0.39 is 11.8 Å². The first-order valence-electron chi connectivity index (χ1n) is 10.4. The lowest BCUT2D eigenvalue weighted by atomic mass is 9.76. The minimum absolute atomic E-state index is 0.0393. The van der Waals surface area contributed by atoms with Gasteiger partial charge in [0.1, 0.15) is 17.3 Å². The Bertz CT molecular complexity index is 840. The fourth-order valence-electron chi connectivity index (χ4n) is 4.54. The van der Waals surface area contributed by atoms with Crippen LogP contribution in [0.15, 0.2) is 29.0 Å². The molecule has 0 aliphatic heterocycles. The van der Waals surface area contributed by atoms with Crippen LogP contribution in [-0.4, -0.2) is 27.8 Å². The van der Waals surface area contributed by atoms with Gasteiger partial charge >= 0.3 is 5.97 Å². The molecule has 0 bridgehead atoms. The molecule has 5 nitrogen and oxygen atoms in total. The molecule has 1 fully saturated rings. The SMILES string of the molecule is CC1=CC(OCC(=O)O)=C(C)C(C)C1Cc1nc(C2CCCCC2)c(O)cc1F. The summed E-state index contributed by atoms with van der Waals surface area (Å²) < 4.78 is 20.1. The number of rotatable bonds is 6. The Morgan fingerprint density at radius 3 is 2.62 bits per heavy atom. The second kappa shape index (κ2) is 8.97. The van der Waals surface area contributed by atoms with E-state index in [1.807, 2.05) is 26.8 Å². The molecule has 1 heterocycles. The zero-order chi connectivity index (χ0) is 21.1. The summed E-state index contributed by atoms with van der Waals surface area (Å²) in [6.45, 7) is 5.54. The number of aliphatic carboxylic acids is 1. The molecule has 2 N–H and O–H groups in total. The third-order valence-corrected chi connectivity index (χ3v) is 6.43. The van der Waals surface area contributed by atoms with Crippen LogP contribution in [0.3, 0.4) is 0 Å². The van der Waals surface area contributed by atoms with Crippen LogP contribution >= 0.6 is 0 Å². The summed E-state index contributed by atoms with van der Waals surface area (Å²) in [5.74, 6) is -0.650. The number of ether oxygens (including phenoxy) is 1. The molecule has 0 aromatic carbocycles. The van der Waals surface area contributed by atoms with Crippen LogP contribution < -0.4 is 0 Å². The maximum Gasteiger partial charge on any atom is 0.341 e. The van der Waals surface area contributed by atoms with E-state index >= 15 is 0 Å². The van der Waals surface area contributed by atoms with Crippen LogP contribution in [0.25, 0.3) is 0 Å². The molecule has 0 radical (unpaired) electrons. The van der Waals surface area contributed by atoms with Crippen molar-refractivity contribution < 1.29 is 24.1 Å². The van der Waals surface area contributed by atoms with E-state index in [0.717, 1.165) is 36.8 Å². The molecular weight excluding hydrogens is 373 g/mol. The number of aromatic nitrogens is 1. The van der Waals surface area contributed by atoms with Crippen molar-refractivity contribution in [3.05, 3.63) is 46.3 Å². The second-order valence-electron chi connectivity index (χ2n) is 8.37. The maximum absolute atomic E-state index is 14.6. The van der Waals surface area contributed by atoms with Crippen LogP contribution in [0, 0.1) is 17.7 Å². The largest absolute Gasteiger partial charge is 0.506 e. The highest BCUT2D eigenvalue weighted by Gasteiger charge is 2.30. The highest BCUT2D eigenvalue weighted by molar-refractivity contribution is 5.68. The minimum atomic E-state index is -1.02. The molecular formula is C23H30FNO4. The number of allylic oxidation sites excluding steroid dienone is 3. The summed E-state index contributed by atoms with van der Waals surface area (Å²) in [4.78, 5) is 15.4. The lowest BCUT2D eigenvalue weighted by Gasteiger charge is -2.31. The Labute approximate surface area is 171 Å². The number of halogens is 1. The van der Waals surface area contributed by atoms with Crippen LogP contribution in [0.2, 0.25) is 0 Å². The number of nitrogens with zero attached hydrogens (tertiary/aromatic N) is 1. The van der Waals surface area contributed by atoms with Gasteiger partial charge in [-0.3, -0.25) is 4.98 Å². The van der Waals surface area contributed by atoms with E-state index in [4.69, 9.17) is 9.84 Å². The fraction of sp³-hybridized carbons (Fsp3) is 0.565. The Kier molecular flexibility index (Phi) is 6.60. The van der Waals surface area contributed by atoms with E-state index in [9.17, 15) is 14.3 Å². The van der Waals surface area contributed by atoms with E-state index in [1.165, 1.54) is 12.5 Å². The van der Waals surface area contributed by atoms with Crippen LogP contribution in [0.4, 0.5) is 4.39 Å². The first-order chi connectivity index (χ1) is 13.8. The lowest BCUT2D eigenvalue weighted by molar-refractivity contribution is -0.140. The van der Waals surface area contributed by atoms with Crippen molar-refractivity contribution in [1.82, 2.24) is 4.98 Å². The zero-order valence-electron chi connectivity index (χ0n) is 17.4. The molecule has 1 saturated carbocycles. The summed E-state index contributed by atoms with van der Waals surface area (Å²) >= 11 is 0. The molecule has 1 aromatic heterocycles. The summed E-state index contributed by atoms with van der Waals surface area (Å²) in [6, 6.07) is 1.21. The average molecular weight is 403 g/mol. The van der Waals surface area contributed by atoms with E-state index in [-0.39, 0.29) is 30.1 Å². The predicted octanol–water partition coefficient (Wildman–Crippen LogP) is 5.10. The number of pyridine rings is 1. The molecule has 2 atom stereocenters. The average Bonchev–Trinajstić information content (AvgIpc) is 2.69. The summed E-state index contributed by atoms with van der Waals surface area (Å²) in [7, 11) is 0. The number of carboxylic acid groups (broad SMARTS) is 1. The standard InChI is InChI=1S/C23H30FNO4/c1-13-9-21(29-12-22(27)28)15(3)14(2)17(13)10-19-18(24)11-20(26)23(25-19)16-7-5-4-6-8-16/h9,11,14,16-17,26H,4-8,10,12H2,1-3H3,(H,27,28). The van der Waals surface area contributed by atoms with Crippen LogP contribution in [0.1, 0.15) is 70.2 Å². The first kappa shape index (κ1) is 21.3. The van der Waals surface area contributed by atoms with E-state index in [0.29, 0.717) is 23.6 Å². The third-order valence-electron chi connectivity index (χ3n) is 6.43. The van der Waals surface area contributed by atoms with Gasteiger partial charge in [0.2, 0.25) is 0 Å². The summed E-state index contributed by atoms with van der Waals surface area (Å²) in [6.07, 6.45) is 7.67. The van der Waals surface area contributed by atoms with Gasteiger partial charge in [-0.15, -0.1) is 0 Å². The van der Waals surface area contributed by atoms with Crippen molar-refractivity contribution in [3.63, 3.8) is 0 Å². The van der Waals surface area contributed by atoms with Gasteiger partial charge in [0.15, 0.2) is 6.61 Å². The molecule has 29 heavy (non-hydrogen) atoms. The summed E-state index contributed by atoms with van der Waals surface area (Å²) in [5, 5.41) is 19.1. The Morgan fingerprint density at radius 1 is 1.28 bits per heavy atom. The monoisotopic (exact) mass is 403 g/mol. The van der Waals surface area contributed by atoms with E-state index in [1.54, 1.807) is 0 Å². The van der Waals surface area contributed by atoms with Crippen LogP contribution in [-0.2, 0) is 16.0 Å². The fourth-order valence-corrected chi connectivity index (χ4v) is 4.54.